The quantitative estimate of drug-likeness (QED) is 0.785. The summed E-state index contributed by atoms with van der Waals surface area (Å²) in [7, 11) is 0. The van der Waals surface area contributed by atoms with Crippen molar-refractivity contribution in [2.75, 3.05) is 6.61 Å². The summed E-state index contributed by atoms with van der Waals surface area (Å²) in [5.74, 6) is -0.623. The van der Waals surface area contributed by atoms with Crippen LogP contribution in [0.5, 0.6) is 0 Å². The van der Waals surface area contributed by atoms with Crippen molar-refractivity contribution < 1.29 is 19.1 Å². The molecule has 0 amide bonds. The fourth-order valence-electron chi connectivity index (χ4n) is 1.50. The Morgan fingerprint density at radius 1 is 1.71 bits per heavy atom. The third-order valence-corrected chi connectivity index (χ3v) is 2.20. The first kappa shape index (κ1) is 9.21. The highest BCUT2D eigenvalue weighted by molar-refractivity contribution is 5.84. The minimum absolute atomic E-state index is 0.0435. The van der Waals surface area contributed by atoms with Gasteiger partial charge in [0, 0.05) is 6.61 Å². The Hall–Kier alpha value is -1.36. The molecule has 1 atom stereocenters. The SMILES string of the molecule is O=C(O)c1coc(CC2CCCO2)n1. The Bertz CT molecular complexity index is 327. The highest BCUT2D eigenvalue weighted by Gasteiger charge is 2.19. The number of aromatic carboxylic acids is 1. The van der Waals surface area contributed by atoms with Crippen LogP contribution < -0.4 is 0 Å². The van der Waals surface area contributed by atoms with Crippen LogP contribution in [0.3, 0.4) is 0 Å². The Morgan fingerprint density at radius 3 is 3.14 bits per heavy atom. The van der Waals surface area contributed by atoms with Crippen molar-refractivity contribution >= 4 is 5.97 Å². The second-order valence-corrected chi connectivity index (χ2v) is 3.27. The van der Waals surface area contributed by atoms with Gasteiger partial charge in [-0.05, 0) is 12.8 Å². The Kier molecular flexibility index (Phi) is 2.49. The second-order valence-electron chi connectivity index (χ2n) is 3.27. The standard InChI is InChI=1S/C9H11NO4/c11-9(12)7-5-14-8(10-7)4-6-2-1-3-13-6/h5-6H,1-4H2,(H,11,12). The highest BCUT2D eigenvalue weighted by atomic mass is 16.5. The fraction of sp³-hybridized carbons (Fsp3) is 0.556. The molecule has 1 aromatic heterocycles. The summed E-state index contributed by atoms with van der Waals surface area (Å²) in [6.45, 7) is 0.775. The van der Waals surface area contributed by atoms with Gasteiger partial charge >= 0.3 is 5.97 Å². The lowest BCUT2D eigenvalue weighted by Crippen LogP contribution is -2.09. The van der Waals surface area contributed by atoms with Crippen molar-refractivity contribution in [3.63, 3.8) is 0 Å². The van der Waals surface area contributed by atoms with Gasteiger partial charge in [0.15, 0.2) is 11.6 Å². The first-order valence-corrected chi connectivity index (χ1v) is 4.55. The van der Waals surface area contributed by atoms with Gasteiger partial charge < -0.3 is 14.3 Å². The third-order valence-electron chi connectivity index (χ3n) is 2.20. The number of carboxylic acids is 1. The lowest BCUT2D eigenvalue weighted by atomic mass is 10.2. The highest BCUT2D eigenvalue weighted by Crippen LogP contribution is 2.16. The van der Waals surface area contributed by atoms with Crippen LogP contribution in [0.1, 0.15) is 29.2 Å². The van der Waals surface area contributed by atoms with Crippen molar-refractivity contribution in [1.82, 2.24) is 4.98 Å². The van der Waals surface area contributed by atoms with Crippen LogP contribution in [0, 0.1) is 0 Å². The van der Waals surface area contributed by atoms with Crippen molar-refractivity contribution in [3.05, 3.63) is 17.8 Å². The number of rotatable bonds is 3. The number of nitrogens with zero attached hydrogens (tertiary/aromatic N) is 1. The Labute approximate surface area is 80.7 Å². The number of ether oxygens (including phenoxy) is 1. The van der Waals surface area contributed by atoms with Crippen molar-refractivity contribution in [2.45, 2.75) is 25.4 Å². The molecule has 1 fully saturated rings. The van der Waals surface area contributed by atoms with E-state index in [0.717, 1.165) is 25.7 Å². The number of aromatic nitrogens is 1. The lowest BCUT2D eigenvalue weighted by Gasteiger charge is -2.04. The van der Waals surface area contributed by atoms with Crippen LogP contribution in [-0.2, 0) is 11.2 Å². The molecule has 1 aliphatic rings. The molecule has 2 heterocycles. The van der Waals surface area contributed by atoms with E-state index in [2.05, 4.69) is 4.98 Å². The number of hydrogen-bond acceptors (Lipinski definition) is 4. The molecule has 1 aliphatic heterocycles. The molecular formula is C9H11NO4. The molecular weight excluding hydrogens is 186 g/mol. The van der Waals surface area contributed by atoms with Gasteiger partial charge in [-0.2, -0.15) is 0 Å². The summed E-state index contributed by atoms with van der Waals surface area (Å²) in [6, 6.07) is 0. The van der Waals surface area contributed by atoms with E-state index in [0.29, 0.717) is 12.3 Å². The molecule has 1 aromatic rings. The molecule has 0 aromatic carbocycles. The number of oxazole rings is 1. The molecule has 14 heavy (non-hydrogen) atoms. The zero-order valence-electron chi connectivity index (χ0n) is 7.60. The van der Waals surface area contributed by atoms with Crippen LogP contribution >= 0.6 is 0 Å². The molecule has 5 nitrogen and oxygen atoms in total. The molecule has 0 saturated carbocycles. The molecule has 1 unspecified atom stereocenters. The Morgan fingerprint density at radius 2 is 2.57 bits per heavy atom. The van der Waals surface area contributed by atoms with E-state index in [1.165, 1.54) is 0 Å². The van der Waals surface area contributed by atoms with Gasteiger partial charge in [0.05, 0.1) is 12.5 Å². The minimum Gasteiger partial charge on any atom is -0.476 e. The van der Waals surface area contributed by atoms with E-state index in [1.54, 1.807) is 0 Å². The van der Waals surface area contributed by atoms with Crippen molar-refractivity contribution in [1.29, 1.82) is 0 Å². The topological polar surface area (TPSA) is 72.6 Å². The summed E-state index contributed by atoms with van der Waals surface area (Å²) >= 11 is 0. The molecule has 0 bridgehead atoms. The van der Waals surface area contributed by atoms with Crippen LogP contribution in [0.15, 0.2) is 10.7 Å². The van der Waals surface area contributed by atoms with Crippen molar-refractivity contribution in [2.24, 2.45) is 0 Å². The van der Waals surface area contributed by atoms with E-state index in [1.807, 2.05) is 0 Å². The molecule has 5 heteroatoms. The third kappa shape index (κ3) is 1.93. The average Bonchev–Trinajstić information content (AvgIpc) is 2.75. The number of carbonyl (C=O) groups is 1. The molecule has 0 spiro atoms. The fourth-order valence-corrected chi connectivity index (χ4v) is 1.50. The minimum atomic E-state index is -1.06. The number of carboxylic acid groups (broad SMARTS) is 1. The maximum Gasteiger partial charge on any atom is 0.357 e. The lowest BCUT2D eigenvalue weighted by molar-refractivity contribution is 0.0690. The summed E-state index contributed by atoms with van der Waals surface area (Å²) in [4.78, 5) is 14.3. The van der Waals surface area contributed by atoms with Gasteiger partial charge in [0.25, 0.3) is 0 Å². The van der Waals surface area contributed by atoms with Crippen LogP contribution in [0.2, 0.25) is 0 Å². The van der Waals surface area contributed by atoms with E-state index in [-0.39, 0.29) is 11.8 Å². The van der Waals surface area contributed by atoms with E-state index < -0.39 is 5.97 Å². The number of hydrogen-bond donors (Lipinski definition) is 1. The van der Waals surface area contributed by atoms with Crippen LogP contribution in [-0.4, -0.2) is 28.8 Å². The van der Waals surface area contributed by atoms with Crippen LogP contribution in [0.25, 0.3) is 0 Å². The normalized spacial score (nSPS) is 21.3. The maximum atomic E-state index is 10.5. The van der Waals surface area contributed by atoms with E-state index in [9.17, 15) is 4.79 Å². The molecule has 2 rings (SSSR count). The van der Waals surface area contributed by atoms with Gasteiger partial charge in [-0.3, -0.25) is 0 Å². The largest absolute Gasteiger partial charge is 0.476 e. The second kappa shape index (κ2) is 3.79. The van der Waals surface area contributed by atoms with Gasteiger partial charge in [-0.15, -0.1) is 0 Å². The molecule has 0 radical (unpaired) electrons. The van der Waals surface area contributed by atoms with Crippen molar-refractivity contribution in [3.8, 4) is 0 Å². The van der Waals surface area contributed by atoms with Gasteiger partial charge in [0.1, 0.15) is 6.26 Å². The summed E-state index contributed by atoms with van der Waals surface area (Å²) in [5, 5.41) is 8.61. The first-order valence-electron chi connectivity index (χ1n) is 4.55. The Balaban J connectivity index is 1.98. The molecule has 76 valence electrons. The molecule has 1 saturated heterocycles. The summed E-state index contributed by atoms with van der Waals surface area (Å²) in [5.41, 5.74) is -0.0435. The summed E-state index contributed by atoms with van der Waals surface area (Å²) in [6.07, 6.45) is 3.90. The zero-order chi connectivity index (χ0) is 9.97. The van der Waals surface area contributed by atoms with E-state index >= 15 is 0 Å². The van der Waals surface area contributed by atoms with Gasteiger partial charge in [0.2, 0.25) is 0 Å². The predicted molar refractivity (Wildman–Crippen MR) is 46.1 cm³/mol. The van der Waals surface area contributed by atoms with Crippen LogP contribution in [0.4, 0.5) is 0 Å². The van der Waals surface area contributed by atoms with Gasteiger partial charge in [-0.25, -0.2) is 9.78 Å². The monoisotopic (exact) mass is 197 g/mol. The summed E-state index contributed by atoms with van der Waals surface area (Å²) < 4.78 is 10.4. The molecule has 0 aliphatic carbocycles. The average molecular weight is 197 g/mol. The van der Waals surface area contributed by atoms with E-state index in [4.69, 9.17) is 14.3 Å². The molecule has 1 N–H and O–H groups in total. The smallest absolute Gasteiger partial charge is 0.357 e. The zero-order valence-corrected chi connectivity index (χ0v) is 7.60. The van der Waals surface area contributed by atoms with Gasteiger partial charge in [-0.1, -0.05) is 0 Å². The first-order chi connectivity index (χ1) is 6.75. The predicted octanol–water partition coefficient (Wildman–Crippen LogP) is 1.09. The maximum absolute atomic E-state index is 10.5.